The molecular formula is C30H36O3S. The molecule has 0 fully saturated rings. The van der Waals surface area contributed by atoms with Crippen molar-refractivity contribution in [3.05, 3.63) is 72.3 Å². The number of benzene rings is 3. The van der Waals surface area contributed by atoms with E-state index in [1.54, 1.807) is 0 Å². The maximum absolute atomic E-state index is 12.3. The van der Waals surface area contributed by atoms with E-state index in [-0.39, 0.29) is 5.25 Å². The van der Waals surface area contributed by atoms with Crippen molar-refractivity contribution in [3.8, 4) is 33.8 Å². The third kappa shape index (κ3) is 6.09. The maximum Gasteiger partial charge on any atom is 0.231 e. The van der Waals surface area contributed by atoms with Crippen LogP contribution < -0.4 is 9.47 Å². The Kier molecular flexibility index (Phi) is 8.81. The van der Waals surface area contributed by atoms with E-state index in [4.69, 9.17) is 9.47 Å². The highest BCUT2D eigenvalue weighted by atomic mass is 32.2. The Morgan fingerprint density at radius 1 is 0.765 bits per heavy atom. The summed E-state index contributed by atoms with van der Waals surface area (Å²) in [6.45, 7) is 4.61. The number of fused-ring (bicyclic) bond motifs is 5. The fourth-order valence-corrected chi connectivity index (χ4v) is 5.83. The van der Waals surface area contributed by atoms with Crippen LogP contribution in [0, 0.1) is 0 Å². The summed E-state index contributed by atoms with van der Waals surface area (Å²) in [5, 5.41) is 0.191. The third-order valence-corrected chi connectivity index (χ3v) is 8.30. The number of ether oxygens (including phenoxy) is 2. The summed E-state index contributed by atoms with van der Waals surface area (Å²) >= 11 is 0. The van der Waals surface area contributed by atoms with Gasteiger partial charge in [-0.05, 0) is 52.8 Å². The van der Waals surface area contributed by atoms with Crippen LogP contribution in [0.2, 0.25) is 0 Å². The Morgan fingerprint density at radius 3 is 1.94 bits per heavy atom. The summed E-state index contributed by atoms with van der Waals surface area (Å²) in [4.78, 5) is 0. The van der Waals surface area contributed by atoms with Crippen LogP contribution in [0.1, 0.15) is 57.9 Å². The largest absolute Gasteiger partial charge is 0.454 e. The molecule has 0 saturated heterocycles. The Morgan fingerprint density at radius 2 is 1.32 bits per heavy atom. The zero-order valence-corrected chi connectivity index (χ0v) is 21.2. The molecule has 1 heterocycles. The molecule has 2 unspecified atom stereocenters. The second-order valence-electron chi connectivity index (χ2n) is 9.15. The molecule has 1 aliphatic heterocycles. The van der Waals surface area contributed by atoms with Gasteiger partial charge in [0.05, 0.1) is 0 Å². The lowest BCUT2D eigenvalue weighted by molar-refractivity contribution is 0.174. The van der Waals surface area contributed by atoms with Gasteiger partial charge in [0.15, 0.2) is 11.5 Å². The SMILES string of the molecule is CCCCCCCCS(=O)C(C)Cc1ccc2c(c1)OCO2.c1ccc2c(c1)-c1ccccc1-2. The standard InChI is InChI=1S/C18H28O3S.C12H8/c1-3-4-5-6-7-8-11-22(19)15(2)12-16-9-10-17-18(13-16)21-14-20-17;1-2-6-10-9(5-1)11-7-3-4-8-12(10)11/h9-10,13,15H,3-8,11-12,14H2,1-2H3;1-8H. The van der Waals surface area contributed by atoms with E-state index in [0.29, 0.717) is 6.79 Å². The van der Waals surface area contributed by atoms with Gasteiger partial charge in [0, 0.05) is 21.8 Å². The summed E-state index contributed by atoms with van der Waals surface area (Å²) in [5.74, 6) is 2.45. The average molecular weight is 477 g/mol. The highest BCUT2D eigenvalue weighted by Crippen LogP contribution is 2.46. The first-order chi connectivity index (χ1) is 16.7. The first-order valence-corrected chi connectivity index (χ1v) is 14.0. The van der Waals surface area contributed by atoms with Crippen LogP contribution in [0.5, 0.6) is 11.5 Å². The van der Waals surface area contributed by atoms with Crippen molar-refractivity contribution >= 4 is 10.8 Å². The third-order valence-electron chi connectivity index (χ3n) is 6.54. The molecular weight excluding hydrogens is 440 g/mol. The van der Waals surface area contributed by atoms with Gasteiger partial charge in [0.25, 0.3) is 0 Å². The van der Waals surface area contributed by atoms with Crippen molar-refractivity contribution in [1.82, 2.24) is 0 Å². The Balaban J connectivity index is 0.000000189. The summed E-state index contributed by atoms with van der Waals surface area (Å²) in [6, 6.07) is 23.1. The molecule has 0 aromatic heterocycles. The van der Waals surface area contributed by atoms with Gasteiger partial charge in [-0.25, -0.2) is 0 Å². The second-order valence-corrected chi connectivity index (χ2v) is 11.1. The van der Waals surface area contributed by atoms with Crippen molar-refractivity contribution < 1.29 is 13.7 Å². The Bertz CT molecular complexity index is 1010. The Labute approximate surface area is 207 Å². The molecule has 0 spiro atoms. The summed E-state index contributed by atoms with van der Waals surface area (Å²) in [5.41, 5.74) is 6.76. The van der Waals surface area contributed by atoms with Crippen LogP contribution in [0.4, 0.5) is 0 Å². The van der Waals surface area contributed by atoms with Crippen LogP contribution in [0.3, 0.4) is 0 Å². The zero-order valence-electron chi connectivity index (χ0n) is 20.4. The van der Waals surface area contributed by atoms with Gasteiger partial charge in [-0.2, -0.15) is 0 Å². The van der Waals surface area contributed by atoms with Crippen molar-refractivity contribution in [2.45, 2.75) is 64.0 Å². The smallest absolute Gasteiger partial charge is 0.231 e. The quantitative estimate of drug-likeness (QED) is 0.219. The van der Waals surface area contributed by atoms with Gasteiger partial charge >= 0.3 is 0 Å². The number of rotatable bonds is 10. The number of unbranched alkanes of at least 4 members (excludes halogenated alkanes) is 5. The zero-order chi connectivity index (χ0) is 23.8. The van der Waals surface area contributed by atoms with E-state index in [2.05, 4.69) is 62.4 Å². The predicted molar refractivity (Wildman–Crippen MR) is 143 cm³/mol. The van der Waals surface area contributed by atoms with E-state index < -0.39 is 10.8 Å². The van der Waals surface area contributed by atoms with Gasteiger partial charge in [-0.1, -0.05) is 101 Å². The molecule has 180 valence electrons. The van der Waals surface area contributed by atoms with Gasteiger partial charge in [0.2, 0.25) is 6.79 Å². The van der Waals surface area contributed by atoms with E-state index in [9.17, 15) is 4.21 Å². The predicted octanol–water partition coefficient (Wildman–Crippen LogP) is 7.79. The van der Waals surface area contributed by atoms with Gasteiger partial charge in [0.1, 0.15) is 0 Å². The fraction of sp³-hybridized carbons (Fsp3) is 0.400. The molecule has 0 bridgehead atoms. The maximum atomic E-state index is 12.3. The molecule has 1 aliphatic carbocycles. The normalized spacial score (nSPS) is 14.2. The monoisotopic (exact) mass is 476 g/mol. The van der Waals surface area contributed by atoms with Gasteiger partial charge in [-0.15, -0.1) is 0 Å². The summed E-state index contributed by atoms with van der Waals surface area (Å²) < 4.78 is 23.0. The van der Waals surface area contributed by atoms with Crippen molar-refractivity contribution in [3.63, 3.8) is 0 Å². The lowest BCUT2D eigenvalue weighted by Gasteiger charge is -2.22. The molecule has 0 radical (unpaired) electrons. The number of hydrogen-bond acceptors (Lipinski definition) is 3. The molecule has 2 aliphatic rings. The fourth-order valence-electron chi connectivity index (χ4n) is 4.56. The van der Waals surface area contributed by atoms with Crippen molar-refractivity contribution in [2.24, 2.45) is 0 Å². The van der Waals surface area contributed by atoms with Crippen molar-refractivity contribution in [2.75, 3.05) is 12.5 Å². The molecule has 3 aromatic carbocycles. The molecule has 5 rings (SSSR count). The minimum absolute atomic E-state index is 0.191. The van der Waals surface area contributed by atoms with Gasteiger partial charge in [-0.3, -0.25) is 4.21 Å². The molecule has 0 amide bonds. The van der Waals surface area contributed by atoms with Gasteiger partial charge < -0.3 is 9.47 Å². The lowest BCUT2D eigenvalue weighted by Crippen LogP contribution is -2.16. The van der Waals surface area contributed by atoms with E-state index >= 15 is 0 Å². The molecule has 34 heavy (non-hydrogen) atoms. The molecule has 2 atom stereocenters. The summed E-state index contributed by atoms with van der Waals surface area (Å²) in [6.07, 6.45) is 8.32. The van der Waals surface area contributed by atoms with Crippen molar-refractivity contribution in [1.29, 1.82) is 0 Å². The second kappa shape index (κ2) is 12.2. The van der Waals surface area contributed by atoms with Crippen LogP contribution in [-0.2, 0) is 17.2 Å². The molecule has 0 saturated carbocycles. The van der Waals surface area contributed by atoms with E-state index in [1.807, 2.05) is 18.2 Å². The average Bonchev–Trinajstić information content (AvgIpc) is 3.33. The van der Waals surface area contributed by atoms with E-state index in [1.165, 1.54) is 59.9 Å². The lowest BCUT2D eigenvalue weighted by atomic mass is 9.81. The molecule has 0 N–H and O–H groups in total. The Hall–Kier alpha value is -2.59. The first kappa shape index (κ1) is 24.5. The minimum atomic E-state index is -0.743. The van der Waals surface area contributed by atoms with Crippen LogP contribution in [0.15, 0.2) is 66.7 Å². The highest BCUT2D eigenvalue weighted by molar-refractivity contribution is 7.85. The topological polar surface area (TPSA) is 35.5 Å². The molecule has 3 aromatic rings. The van der Waals surface area contributed by atoms with Crippen LogP contribution in [0.25, 0.3) is 22.3 Å². The summed E-state index contributed by atoms with van der Waals surface area (Å²) in [7, 11) is -0.743. The molecule has 3 nitrogen and oxygen atoms in total. The first-order valence-electron chi connectivity index (χ1n) is 12.6. The number of hydrogen-bond donors (Lipinski definition) is 0. The van der Waals surface area contributed by atoms with E-state index in [0.717, 1.165) is 30.1 Å². The van der Waals surface area contributed by atoms with Crippen LogP contribution >= 0.6 is 0 Å². The minimum Gasteiger partial charge on any atom is -0.454 e. The van der Waals surface area contributed by atoms with Crippen LogP contribution in [-0.4, -0.2) is 22.0 Å². The molecule has 4 heteroatoms. The highest BCUT2D eigenvalue weighted by Gasteiger charge is 2.19.